The third-order valence-corrected chi connectivity index (χ3v) is 5.73. The van der Waals surface area contributed by atoms with E-state index in [2.05, 4.69) is 27.9 Å². The van der Waals surface area contributed by atoms with E-state index in [1.807, 2.05) is 0 Å². The van der Waals surface area contributed by atoms with E-state index in [-0.39, 0.29) is 53.4 Å². The van der Waals surface area contributed by atoms with Gasteiger partial charge in [0.05, 0.1) is 30.3 Å². The topological polar surface area (TPSA) is 119 Å². The van der Waals surface area contributed by atoms with Gasteiger partial charge in [0.25, 0.3) is 5.91 Å². The van der Waals surface area contributed by atoms with E-state index in [1.165, 1.54) is 24.9 Å². The summed E-state index contributed by atoms with van der Waals surface area (Å²) in [6.45, 7) is 5.18. The number of nitrogens with zero attached hydrogens (tertiary/aromatic N) is 5. The molecule has 176 valence electrons. The molecule has 2 aromatic rings. The Kier molecular flexibility index (Phi) is 7.58. The van der Waals surface area contributed by atoms with Crippen molar-refractivity contribution in [1.82, 2.24) is 25.1 Å². The smallest absolute Gasteiger partial charge is 0.269 e. The second kappa shape index (κ2) is 10.4. The quantitative estimate of drug-likeness (QED) is 0.514. The van der Waals surface area contributed by atoms with E-state index >= 15 is 0 Å². The van der Waals surface area contributed by atoms with E-state index in [9.17, 15) is 24.0 Å². The fourth-order valence-electron chi connectivity index (χ4n) is 3.93. The molecule has 3 amide bonds. The van der Waals surface area contributed by atoms with Crippen molar-refractivity contribution >= 4 is 29.3 Å². The van der Waals surface area contributed by atoms with Gasteiger partial charge in [-0.15, -0.1) is 0 Å². The highest BCUT2D eigenvalue weighted by atomic mass is 35.5. The van der Waals surface area contributed by atoms with Crippen LogP contribution in [0.3, 0.4) is 0 Å². The van der Waals surface area contributed by atoms with Gasteiger partial charge in [-0.05, 0) is 29.8 Å². The maximum atomic E-state index is 14.1. The third-order valence-electron chi connectivity index (χ3n) is 5.53. The Balaban J connectivity index is 2.08. The van der Waals surface area contributed by atoms with Crippen molar-refractivity contribution in [2.24, 2.45) is 0 Å². The Morgan fingerprint density at radius 2 is 2.00 bits per heavy atom. The molecule has 1 N–H and O–H groups in total. The first kappa shape index (κ1) is 24.8. The van der Waals surface area contributed by atoms with Crippen LogP contribution < -0.4 is 5.32 Å². The Morgan fingerprint density at radius 3 is 2.62 bits per heavy atom. The molecule has 1 saturated heterocycles. The molecule has 0 saturated carbocycles. The van der Waals surface area contributed by atoms with Crippen LogP contribution in [0.2, 0.25) is 5.15 Å². The van der Waals surface area contributed by atoms with Crippen LogP contribution in [-0.4, -0.2) is 63.7 Å². The van der Waals surface area contributed by atoms with Crippen molar-refractivity contribution in [3.8, 4) is 17.3 Å². The Bertz CT molecular complexity index is 1200. The zero-order chi connectivity index (χ0) is 25.0. The summed E-state index contributed by atoms with van der Waals surface area (Å²) in [7, 11) is 1.40. The van der Waals surface area contributed by atoms with Crippen LogP contribution in [-0.2, 0) is 9.59 Å². The largest absolute Gasteiger partial charge is 0.354 e. The number of hydrogen-bond donors (Lipinski definition) is 1. The highest BCUT2D eigenvalue weighted by Crippen LogP contribution is 2.33. The standard InChI is InChI=1S/C23H22ClFN6O3/c1-4-22(33)31-12-19(30(13(2)32)11-16(31)5-6-26)15-8-17(28-20(24)9-15)14-7-18(23(34)27-3)29-21(25)10-14/h4,7-10,16,19H,1,5,11-12H2,2-3H3,(H,27,34)/t16-,19-/m1/s1. The van der Waals surface area contributed by atoms with Gasteiger partial charge in [0.15, 0.2) is 0 Å². The van der Waals surface area contributed by atoms with Crippen molar-refractivity contribution in [3.63, 3.8) is 0 Å². The molecular weight excluding hydrogens is 463 g/mol. The van der Waals surface area contributed by atoms with Gasteiger partial charge in [0.1, 0.15) is 10.8 Å². The minimum Gasteiger partial charge on any atom is -0.354 e. The van der Waals surface area contributed by atoms with E-state index in [4.69, 9.17) is 11.6 Å². The molecule has 11 heteroatoms. The van der Waals surface area contributed by atoms with Crippen molar-refractivity contribution in [1.29, 1.82) is 5.26 Å². The second-order valence-electron chi connectivity index (χ2n) is 7.65. The molecule has 0 aliphatic carbocycles. The molecular formula is C23H22ClFN6O3. The predicted molar refractivity (Wildman–Crippen MR) is 122 cm³/mol. The average Bonchev–Trinajstić information content (AvgIpc) is 2.82. The summed E-state index contributed by atoms with van der Waals surface area (Å²) in [6, 6.07) is 6.65. The monoisotopic (exact) mass is 484 g/mol. The number of amides is 3. The highest BCUT2D eigenvalue weighted by Gasteiger charge is 2.38. The lowest BCUT2D eigenvalue weighted by atomic mass is 9.97. The number of nitrogens with one attached hydrogen (secondary N) is 1. The lowest BCUT2D eigenvalue weighted by molar-refractivity contribution is -0.143. The zero-order valence-electron chi connectivity index (χ0n) is 18.6. The molecule has 34 heavy (non-hydrogen) atoms. The van der Waals surface area contributed by atoms with E-state index in [1.54, 1.807) is 17.0 Å². The van der Waals surface area contributed by atoms with Crippen LogP contribution in [0.4, 0.5) is 4.39 Å². The first-order chi connectivity index (χ1) is 16.2. The van der Waals surface area contributed by atoms with E-state index in [0.717, 1.165) is 12.1 Å². The number of piperazine rings is 1. The van der Waals surface area contributed by atoms with Gasteiger partial charge in [0.2, 0.25) is 17.8 Å². The van der Waals surface area contributed by atoms with Crippen LogP contribution in [0.25, 0.3) is 11.3 Å². The number of aromatic nitrogens is 2. The number of carbonyl (C=O) groups is 3. The van der Waals surface area contributed by atoms with Gasteiger partial charge in [-0.25, -0.2) is 9.97 Å². The van der Waals surface area contributed by atoms with Gasteiger partial charge < -0.3 is 15.1 Å². The van der Waals surface area contributed by atoms with Gasteiger partial charge in [-0.1, -0.05) is 18.2 Å². The van der Waals surface area contributed by atoms with Gasteiger partial charge in [0, 0.05) is 38.7 Å². The Hall–Kier alpha value is -3.84. The van der Waals surface area contributed by atoms with Crippen LogP contribution in [0, 0.1) is 17.3 Å². The summed E-state index contributed by atoms with van der Waals surface area (Å²) in [5.74, 6) is -2.05. The molecule has 2 atom stereocenters. The molecule has 2 aromatic heterocycles. The number of pyridine rings is 2. The molecule has 1 aliphatic rings. The molecule has 1 aliphatic heterocycles. The van der Waals surface area contributed by atoms with Crippen molar-refractivity contribution in [3.05, 3.63) is 59.3 Å². The Labute approximate surface area is 200 Å². The summed E-state index contributed by atoms with van der Waals surface area (Å²) in [4.78, 5) is 47.9. The van der Waals surface area contributed by atoms with Crippen molar-refractivity contribution < 1.29 is 18.8 Å². The van der Waals surface area contributed by atoms with Crippen LogP contribution in [0.15, 0.2) is 36.9 Å². The molecule has 0 spiro atoms. The molecule has 9 nitrogen and oxygen atoms in total. The summed E-state index contributed by atoms with van der Waals surface area (Å²) in [6.07, 6.45) is 1.22. The fraction of sp³-hybridized carbons (Fsp3) is 0.304. The van der Waals surface area contributed by atoms with Crippen molar-refractivity contribution in [2.45, 2.75) is 25.4 Å². The summed E-state index contributed by atoms with van der Waals surface area (Å²) >= 11 is 6.28. The maximum absolute atomic E-state index is 14.1. The molecule has 1 fully saturated rings. The molecule has 0 unspecified atom stereocenters. The molecule has 3 rings (SSSR count). The second-order valence-corrected chi connectivity index (χ2v) is 8.04. The molecule has 0 radical (unpaired) electrons. The minimum absolute atomic E-state index is 0.0526. The van der Waals surface area contributed by atoms with E-state index < -0.39 is 23.9 Å². The SMILES string of the molecule is C=CC(=O)N1C[C@H](c2cc(Cl)nc(-c3cc(F)nc(C(=O)NC)c3)c2)N(C(C)=O)C[C@H]1CC#N. The summed E-state index contributed by atoms with van der Waals surface area (Å²) in [5, 5.41) is 11.7. The van der Waals surface area contributed by atoms with Crippen molar-refractivity contribution in [2.75, 3.05) is 20.1 Å². The fourth-order valence-corrected chi connectivity index (χ4v) is 4.15. The van der Waals surface area contributed by atoms with Gasteiger partial charge in [-0.3, -0.25) is 14.4 Å². The maximum Gasteiger partial charge on any atom is 0.269 e. The number of carbonyl (C=O) groups excluding carboxylic acids is 3. The first-order valence-corrected chi connectivity index (χ1v) is 10.7. The minimum atomic E-state index is -0.871. The lowest BCUT2D eigenvalue weighted by Gasteiger charge is -2.45. The number of rotatable bonds is 5. The lowest BCUT2D eigenvalue weighted by Crippen LogP contribution is -2.57. The van der Waals surface area contributed by atoms with Gasteiger partial charge >= 0.3 is 0 Å². The first-order valence-electron chi connectivity index (χ1n) is 10.3. The predicted octanol–water partition coefficient (Wildman–Crippen LogP) is 2.50. The third kappa shape index (κ3) is 5.21. The molecule has 0 bridgehead atoms. The number of hydrogen-bond acceptors (Lipinski definition) is 6. The van der Waals surface area contributed by atoms with Crippen LogP contribution >= 0.6 is 11.6 Å². The van der Waals surface area contributed by atoms with Crippen LogP contribution in [0.5, 0.6) is 0 Å². The average molecular weight is 485 g/mol. The zero-order valence-corrected chi connectivity index (χ0v) is 19.3. The van der Waals surface area contributed by atoms with Crippen LogP contribution in [0.1, 0.15) is 35.4 Å². The summed E-state index contributed by atoms with van der Waals surface area (Å²) in [5.41, 5.74) is 0.951. The molecule has 0 aromatic carbocycles. The van der Waals surface area contributed by atoms with E-state index in [0.29, 0.717) is 5.56 Å². The number of halogens is 2. The Morgan fingerprint density at radius 1 is 1.26 bits per heavy atom. The highest BCUT2D eigenvalue weighted by molar-refractivity contribution is 6.29. The number of nitriles is 1. The normalized spacial score (nSPS) is 17.6. The molecule has 3 heterocycles. The van der Waals surface area contributed by atoms with Gasteiger partial charge in [-0.2, -0.15) is 9.65 Å². The summed E-state index contributed by atoms with van der Waals surface area (Å²) < 4.78 is 14.1.